The van der Waals surface area contributed by atoms with E-state index in [1.807, 2.05) is 16.7 Å². The maximum absolute atomic E-state index is 13.4. The van der Waals surface area contributed by atoms with Crippen molar-refractivity contribution in [1.29, 1.82) is 0 Å². The Morgan fingerprint density at radius 2 is 1.62 bits per heavy atom. The highest BCUT2D eigenvalue weighted by molar-refractivity contribution is 6.07. The minimum absolute atomic E-state index is 0.0187. The first-order valence-corrected chi connectivity index (χ1v) is 13.3. The van der Waals surface area contributed by atoms with Gasteiger partial charge in [0.05, 0.1) is 11.4 Å². The Morgan fingerprint density at radius 1 is 0.872 bits per heavy atom. The zero-order valence-electron chi connectivity index (χ0n) is 21.4. The summed E-state index contributed by atoms with van der Waals surface area (Å²) in [5.74, 6) is -0.433. The van der Waals surface area contributed by atoms with E-state index in [2.05, 4.69) is 10.2 Å². The summed E-state index contributed by atoms with van der Waals surface area (Å²) in [5, 5.41) is 2.96. The number of aromatic nitrogens is 1. The number of anilines is 2. The van der Waals surface area contributed by atoms with Crippen LogP contribution in [0.4, 0.5) is 15.8 Å². The summed E-state index contributed by atoms with van der Waals surface area (Å²) in [6.07, 6.45) is 1.68. The van der Waals surface area contributed by atoms with Gasteiger partial charge >= 0.3 is 0 Å². The molecule has 0 unspecified atom stereocenters. The molecule has 200 valence electrons. The molecular formula is C30H29FN4O4. The topological polar surface area (TPSA) is 91.7 Å². The average Bonchev–Trinajstić information content (AvgIpc) is 2.94. The third kappa shape index (κ3) is 4.96. The van der Waals surface area contributed by atoms with Crippen molar-refractivity contribution in [1.82, 2.24) is 9.47 Å². The molecule has 2 saturated heterocycles. The lowest BCUT2D eigenvalue weighted by Gasteiger charge is -2.44. The number of halogens is 1. The molecule has 2 aromatic carbocycles. The van der Waals surface area contributed by atoms with Crippen molar-refractivity contribution >= 4 is 29.0 Å². The number of carbonyl (C=O) groups excluding carboxylic acids is 3. The van der Waals surface area contributed by atoms with Crippen LogP contribution < -0.4 is 15.8 Å². The Bertz CT molecular complexity index is 1510. The minimum Gasteiger partial charge on any atom is -0.369 e. The van der Waals surface area contributed by atoms with E-state index in [1.54, 1.807) is 29.2 Å². The molecule has 3 aromatic rings. The number of rotatable bonds is 4. The second kappa shape index (κ2) is 10.1. The maximum Gasteiger partial charge on any atom is 0.255 e. The van der Waals surface area contributed by atoms with Crippen molar-refractivity contribution in [3.8, 4) is 0 Å². The number of Topliss-reactive ketones (excluding diaryl/α,β-unsaturated/α-hetero) is 1. The molecule has 2 fully saturated rings. The zero-order valence-corrected chi connectivity index (χ0v) is 21.4. The summed E-state index contributed by atoms with van der Waals surface area (Å²) in [6.45, 7) is 2.78. The molecule has 0 saturated carbocycles. The standard InChI is InChI=1S/C30H29FN4O4/c31-23-7-4-20(5-8-23)29(38)32-25-15-21(30(39)33-12-10-24(36)11-13-33)6-9-27(25)34-16-19-14-22(18-34)26-2-1-3-28(37)35(26)17-19/h1-9,15,19,22H,10-14,16-18H2,(H,32,38)/t19-,22+/m1/s1. The van der Waals surface area contributed by atoms with Gasteiger partial charge in [0.25, 0.3) is 17.4 Å². The lowest BCUT2D eigenvalue weighted by molar-refractivity contribution is -0.120. The van der Waals surface area contributed by atoms with Gasteiger partial charge in [0.1, 0.15) is 11.6 Å². The molecular weight excluding hydrogens is 499 g/mol. The van der Waals surface area contributed by atoms with Gasteiger partial charge in [0.15, 0.2) is 0 Å². The largest absolute Gasteiger partial charge is 0.369 e. The fourth-order valence-electron chi connectivity index (χ4n) is 6.08. The number of carbonyl (C=O) groups is 3. The van der Waals surface area contributed by atoms with Crippen LogP contribution in [0.25, 0.3) is 0 Å². The number of likely N-dealkylation sites (tertiary alicyclic amines) is 1. The first-order chi connectivity index (χ1) is 18.9. The van der Waals surface area contributed by atoms with Crippen LogP contribution in [0.15, 0.2) is 65.5 Å². The predicted octanol–water partition coefficient (Wildman–Crippen LogP) is 3.67. The molecule has 3 aliphatic rings. The van der Waals surface area contributed by atoms with E-state index in [9.17, 15) is 23.6 Å². The molecule has 0 aliphatic carbocycles. The van der Waals surface area contributed by atoms with Gasteiger partial charge in [-0.25, -0.2) is 4.39 Å². The van der Waals surface area contributed by atoms with Crippen LogP contribution in [-0.2, 0) is 11.3 Å². The molecule has 2 bridgehead atoms. The van der Waals surface area contributed by atoms with Gasteiger partial charge in [-0.1, -0.05) is 6.07 Å². The van der Waals surface area contributed by atoms with Gasteiger partial charge in [-0.05, 0) is 60.9 Å². The fourth-order valence-corrected chi connectivity index (χ4v) is 6.08. The molecule has 39 heavy (non-hydrogen) atoms. The van der Waals surface area contributed by atoms with Crippen LogP contribution in [0, 0.1) is 11.7 Å². The van der Waals surface area contributed by atoms with E-state index in [-0.39, 0.29) is 29.1 Å². The number of fused-ring (bicyclic) bond motifs is 4. The summed E-state index contributed by atoms with van der Waals surface area (Å²) in [4.78, 5) is 54.4. The third-order valence-corrected chi connectivity index (χ3v) is 8.03. The average molecular weight is 529 g/mol. The van der Waals surface area contributed by atoms with Crippen molar-refractivity contribution in [3.05, 3.63) is 93.7 Å². The van der Waals surface area contributed by atoms with Crippen molar-refractivity contribution in [3.63, 3.8) is 0 Å². The highest BCUT2D eigenvalue weighted by Crippen LogP contribution is 2.39. The van der Waals surface area contributed by atoms with Crippen LogP contribution in [0.3, 0.4) is 0 Å². The van der Waals surface area contributed by atoms with E-state index in [0.717, 1.165) is 17.8 Å². The second-order valence-electron chi connectivity index (χ2n) is 10.6. The third-order valence-electron chi connectivity index (χ3n) is 8.03. The second-order valence-corrected chi connectivity index (χ2v) is 10.6. The molecule has 1 N–H and O–H groups in total. The molecule has 1 aromatic heterocycles. The van der Waals surface area contributed by atoms with Gasteiger partial charge < -0.3 is 19.7 Å². The number of hydrogen-bond acceptors (Lipinski definition) is 5. The Labute approximate surface area is 225 Å². The fraction of sp³-hybridized carbons (Fsp3) is 0.333. The smallest absolute Gasteiger partial charge is 0.255 e. The van der Waals surface area contributed by atoms with E-state index in [0.29, 0.717) is 62.4 Å². The monoisotopic (exact) mass is 528 g/mol. The quantitative estimate of drug-likeness (QED) is 0.558. The first kappa shape index (κ1) is 25.0. The number of piperidine rings is 2. The molecule has 3 aliphatic heterocycles. The lowest BCUT2D eigenvalue weighted by atomic mass is 9.83. The lowest BCUT2D eigenvalue weighted by Crippen LogP contribution is -2.47. The van der Waals surface area contributed by atoms with E-state index < -0.39 is 11.7 Å². The molecule has 9 heteroatoms. The van der Waals surface area contributed by atoms with Crippen LogP contribution in [0.2, 0.25) is 0 Å². The normalized spacial score (nSPS) is 20.4. The van der Waals surface area contributed by atoms with Crippen molar-refractivity contribution in [2.45, 2.75) is 31.7 Å². The van der Waals surface area contributed by atoms with Crippen LogP contribution >= 0.6 is 0 Å². The molecule has 0 radical (unpaired) electrons. The number of ketones is 1. The highest BCUT2D eigenvalue weighted by atomic mass is 19.1. The summed E-state index contributed by atoms with van der Waals surface area (Å²) in [5.41, 5.74) is 3.05. The Morgan fingerprint density at radius 3 is 2.38 bits per heavy atom. The molecule has 2 atom stereocenters. The van der Waals surface area contributed by atoms with E-state index >= 15 is 0 Å². The Balaban J connectivity index is 1.33. The highest BCUT2D eigenvalue weighted by Gasteiger charge is 2.35. The number of hydrogen-bond donors (Lipinski definition) is 1. The van der Waals surface area contributed by atoms with Gasteiger partial charge in [0, 0.05) is 74.4 Å². The summed E-state index contributed by atoms with van der Waals surface area (Å²) >= 11 is 0. The van der Waals surface area contributed by atoms with Gasteiger partial charge in [-0.15, -0.1) is 0 Å². The molecule has 8 nitrogen and oxygen atoms in total. The molecule has 4 heterocycles. The molecule has 6 rings (SSSR count). The Hall–Kier alpha value is -4.27. The summed E-state index contributed by atoms with van der Waals surface area (Å²) < 4.78 is 15.3. The van der Waals surface area contributed by atoms with E-state index in [1.165, 1.54) is 24.3 Å². The maximum atomic E-state index is 13.4. The molecule has 2 amide bonds. The summed E-state index contributed by atoms with van der Waals surface area (Å²) in [6, 6.07) is 16.0. The van der Waals surface area contributed by atoms with Crippen molar-refractivity contribution in [2.75, 3.05) is 36.4 Å². The minimum atomic E-state index is -0.431. The van der Waals surface area contributed by atoms with Crippen molar-refractivity contribution < 1.29 is 18.8 Å². The van der Waals surface area contributed by atoms with Crippen LogP contribution in [-0.4, -0.2) is 53.2 Å². The van der Waals surface area contributed by atoms with E-state index in [4.69, 9.17) is 0 Å². The number of nitrogens with one attached hydrogen (secondary N) is 1. The first-order valence-electron chi connectivity index (χ1n) is 13.3. The number of pyridine rings is 1. The van der Waals surface area contributed by atoms with Crippen molar-refractivity contribution in [2.24, 2.45) is 5.92 Å². The predicted molar refractivity (Wildman–Crippen MR) is 145 cm³/mol. The zero-order chi connectivity index (χ0) is 27.1. The number of amides is 2. The van der Waals surface area contributed by atoms with Gasteiger partial charge in [-0.3, -0.25) is 19.2 Å². The van der Waals surface area contributed by atoms with Gasteiger partial charge in [0.2, 0.25) is 0 Å². The number of benzene rings is 2. The SMILES string of the molecule is O=C1CCN(C(=O)c2ccc(N3C[C@H]4C[C@@H](C3)c3cccc(=O)n3C4)c(NC(=O)c3ccc(F)cc3)c2)CC1. The summed E-state index contributed by atoms with van der Waals surface area (Å²) in [7, 11) is 0. The Kier molecular flexibility index (Phi) is 6.50. The van der Waals surface area contributed by atoms with Crippen LogP contribution in [0.1, 0.15) is 51.6 Å². The number of nitrogens with zero attached hydrogens (tertiary/aromatic N) is 3. The van der Waals surface area contributed by atoms with Gasteiger partial charge in [-0.2, -0.15) is 0 Å². The molecule has 0 spiro atoms. The van der Waals surface area contributed by atoms with Crippen LogP contribution in [0.5, 0.6) is 0 Å².